The maximum absolute atomic E-state index is 12.3. The molecule has 8 heteroatoms. The molecular formula is C13H10F3NO4. The molecule has 1 aliphatic heterocycles. The van der Waals surface area contributed by atoms with E-state index in [4.69, 9.17) is 9.84 Å². The summed E-state index contributed by atoms with van der Waals surface area (Å²) in [4.78, 5) is 22.1. The average Bonchev–Trinajstić information content (AvgIpc) is 3.10. The monoisotopic (exact) mass is 301 g/mol. The van der Waals surface area contributed by atoms with Crippen LogP contribution in [0.1, 0.15) is 21.8 Å². The molecular weight excluding hydrogens is 291 g/mol. The van der Waals surface area contributed by atoms with Crippen LogP contribution >= 0.6 is 0 Å². The van der Waals surface area contributed by atoms with Gasteiger partial charge in [-0.25, -0.2) is 4.79 Å². The molecule has 0 spiro atoms. The van der Waals surface area contributed by atoms with Gasteiger partial charge in [-0.1, -0.05) is 12.1 Å². The molecule has 0 radical (unpaired) electrons. The van der Waals surface area contributed by atoms with E-state index in [9.17, 15) is 22.8 Å². The minimum Gasteiger partial charge on any atom is -0.492 e. The van der Waals surface area contributed by atoms with E-state index in [0.717, 1.165) is 0 Å². The number of rotatable bonds is 2. The summed E-state index contributed by atoms with van der Waals surface area (Å²) in [5.41, 5.74) is 0.498. The highest BCUT2D eigenvalue weighted by molar-refractivity contribution is 5.92. The first-order chi connectivity index (χ1) is 9.80. The van der Waals surface area contributed by atoms with Crippen molar-refractivity contribution in [3.05, 3.63) is 29.3 Å². The van der Waals surface area contributed by atoms with Gasteiger partial charge in [0, 0.05) is 23.4 Å². The highest BCUT2D eigenvalue weighted by Crippen LogP contribution is 2.54. The molecule has 1 heterocycles. The smallest absolute Gasteiger partial charge is 0.471 e. The number of hydrogen-bond acceptors (Lipinski definition) is 3. The van der Waals surface area contributed by atoms with Crippen LogP contribution in [0.5, 0.6) is 5.75 Å². The van der Waals surface area contributed by atoms with Gasteiger partial charge in [-0.3, -0.25) is 4.79 Å². The second kappa shape index (κ2) is 4.37. The molecule has 2 aliphatic rings. The van der Waals surface area contributed by atoms with Crippen molar-refractivity contribution in [3.63, 3.8) is 0 Å². The van der Waals surface area contributed by atoms with Crippen molar-refractivity contribution < 1.29 is 32.6 Å². The Balaban J connectivity index is 1.84. The van der Waals surface area contributed by atoms with Gasteiger partial charge < -0.3 is 15.2 Å². The van der Waals surface area contributed by atoms with Crippen LogP contribution in [-0.2, 0) is 4.79 Å². The van der Waals surface area contributed by atoms with Crippen molar-refractivity contribution in [2.45, 2.75) is 18.1 Å². The van der Waals surface area contributed by atoms with E-state index < -0.39 is 24.1 Å². The number of nitrogens with one attached hydrogen (secondary N) is 1. The topological polar surface area (TPSA) is 75.6 Å². The summed E-state index contributed by atoms with van der Waals surface area (Å²) in [5, 5.41) is 11.0. The molecule has 21 heavy (non-hydrogen) atoms. The number of ether oxygens (including phenoxy) is 1. The van der Waals surface area contributed by atoms with E-state index in [-0.39, 0.29) is 29.8 Å². The third kappa shape index (κ3) is 2.20. The number of amides is 1. The van der Waals surface area contributed by atoms with Crippen LogP contribution in [0.25, 0.3) is 0 Å². The predicted molar refractivity (Wildman–Crippen MR) is 63.1 cm³/mol. The standard InChI is InChI=1S/C13H10F3NO4/c14-13(15,16)12(20)17-9-7-4-21-10-5(8(7)9)2-1-3-6(10)11(18)19/h1-3,7-9H,4H2,(H,17,20)(H,18,19). The van der Waals surface area contributed by atoms with E-state index in [1.54, 1.807) is 6.07 Å². The number of alkyl halides is 3. The normalized spacial score (nSPS) is 26.1. The van der Waals surface area contributed by atoms with Crippen molar-refractivity contribution >= 4 is 11.9 Å². The van der Waals surface area contributed by atoms with Crippen molar-refractivity contribution in [1.82, 2.24) is 5.32 Å². The lowest BCUT2D eigenvalue weighted by atomic mass is 10.0. The number of hydrogen-bond donors (Lipinski definition) is 2. The molecule has 112 valence electrons. The number of para-hydroxylation sites is 1. The molecule has 1 aliphatic carbocycles. The minimum atomic E-state index is -4.93. The molecule has 0 saturated heterocycles. The zero-order chi connectivity index (χ0) is 15.4. The first-order valence-corrected chi connectivity index (χ1v) is 6.17. The maximum atomic E-state index is 12.3. The molecule has 5 nitrogen and oxygen atoms in total. The fourth-order valence-electron chi connectivity index (χ4n) is 2.76. The molecule has 1 amide bonds. The molecule has 0 aromatic heterocycles. The summed E-state index contributed by atoms with van der Waals surface area (Å²) < 4.78 is 42.1. The van der Waals surface area contributed by atoms with Crippen LogP contribution in [0.15, 0.2) is 18.2 Å². The summed E-state index contributed by atoms with van der Waals surface area (Å²) in [7, 11) is 0. The fraction of sp³-hybridized carbons (Fsp3) is 0.385. The summed E-state index contributed by atoms with van der Waals surface area (Å²) in [6, 6.07) is 3.81. The number of fused-ring (bicyclic) bond motifs is 3. The van der Waals surface area contributed by atoms with Crippen molar-refractivity contribution in [2.75, 3.05) is 6.61 Å². The zero-order valence-electron chi connectivity index (χ0n) is 10.5. The van der Waals surface area contributed by atoms with Gasteiger partial charge in [-0.15, -0.1) is 0 Å². The molecule has 0 bridgehead atoms. The number of halogens is 3. The van der Waals surface area contributed by atoms with Crippen LogP contribution in [0.3, 0.4) is 0 Å². The van der Waals surface area contributed by atoms with Crippen LogP contribution < -0.4 is 10.1 Å². The van der Waals surface area contributed by atoms with E-state index >= 15 is 0 Å². The Morgan fingerprint density at radius 1 is 1.33 bits per heavy atom. The van der Waals surface area contributed by atoms with Gasteiger partial charge >= 0.3 is 18.1 Å². The van der Waals surface area contributed by atoms with Gasteiger partial charge in [0.05, 0.1) is 6.61 Å². The molecule has 1 aromatic carbocycles. The van der Waals surface area contributed by atoms with Gasteiger partial charge in [-0.05, 0) is 6.07 Å². The summed E-state index contributed by atoms with van der Waals surface area (Å²) in [6.07, 6.45) is -4.93. The lowest BCUT2D eigenvalue weighted by Gasteiger charge is -2.17. The number of carboxylic acid groups (broad SMARTS) is 1. The van der Waals surface area contributed by atoms with Crippen molar-refractivity contribution in [3.8, 4) is 5.75 Å². The van der Waals surface area contributed by atoms with Crippen molar-refractivity contribution in [1.29, 1.82) is 0 Å². The zero-order valence-corrected chi connectivity index (χ0v) is 10.5. The first-order valence-electron chi connectivity index (χ1n) is 6.17. The van der Waals surface area contributed by atoms with E-state index in [0.29, 0.717) is 5.56 Å². The van der Waals surface area contributed by atoms with Crippen molar-refractivity contribution in [2.24, 2.45) is 5.92 Å². The number of benzene rings is 1. The Labute approximate surface area is 116 Å². The number of aromatic carboxylic acids is 1. The summed E-state index contributed by atoms with van der Waals surface area (Å²) in [5.74, 6) is -3.57. The van der Waals surface area contributed by atoms with Crippen LogP contribution in [0.4, 0.5) is 13.2 Å². The Hall–Kier alpha value is -2.25. The minimum absolute atomic E-state index is 0.0289. The molecule has 2 N–H and O–H groups in total. The largest absolute Gasteiger partial charge is 0.492 e. The highest BCUT2D eigenvalue weighted by atomic mass is 19.4. The molecule has 3 unspecified atom stereocenters. The van der Waals surface area contributed by atoms with Gasteiger partial charge in [0.15, 0.2) is 0 Å². The lowest BCUT2D eigenvalue weighted by molar-refractivity contribution is -0.173. The van der Waals surface area contributed by atoms with Crippen LogP contribution in [0, 0.1) is 5.92 Å². The third-order valence-electron chi connectivity index (χ3n) is 3.78. The Bertz CT molecular complexity index is 628. The van der Waals surface area contributed by atoms with Gasteiger partial charge in [0.25, 0.3) is 0 Å². The quantitative estimate of drug-likeness (QED) is 0.869. The maximum Gasteiger partial charge on any atom is 0.471 e. The second-order valence-corrected chi connectivity index (χ2v) is 5.03. The summed E-state index contributed by atoms with van der Waals surface area (Å²) >= 11 is 0. The predicted octanol–water partition coefficient (Wildman–Crippen LogP) is 1.54. The molecule has 1 aromatic rings. The Morgan fingerprint density at radius 2 is 2.05 bits per heavy atom. The third-order valence-corrected chi connectivity index (χ3v) is 3.78. The van der Waals surface area contributed by atoms with Crippen LogP contribution in [0.2, 0.25) is 0 Å². The molecule has 1 fully saturated rings. The highest BCUT2D eigenvalue weighted by Gasteiger charge is 2.57. The molecule has 3 rings (SSSR count). The van der Waals surface area contributed by atoms with Gasteiger partial charge in [-0.2, -0.15) is 13.2 Å². The average molecular weight is 301 g/mol. The van der Waals surface area contributed by atoms with Gasteiger partial charge in [0.1, 0.15) is 11.3 Å². The fourth-order valence-corrected chi connectivity index (χ4v) is 2.76. The Kier molecular flexibility index (Phi) is 2.86. The van der Waals surface area contributed by atoms with E-state index in [2.05, 4.69) is 0 Å². The molecule has 1 saturated carbocycles. The number of carbonyl (C=O) groups is 2. The second-order valence-electron chi connectivity index (χ2n) is 5.03. The Morgan fingerprint density at radius 3 is 2.67 bits per heavy atom. The van der Waals surface area contributed by atoms with E-state index in [1.807, 2.05) is 5.32 Å². The summed E-state index contributed by atoms with van der Waals surface area (Å²) in [6.45, 7) is 0.0881. The lowest BCUT2D eigenvalue weighted by Crippen LogP contribution is -2.39. The molecule has 3 atom stereocenters. The first kappa shape index (κ1) is 13.7. The van der Waals surface area contributed by atoms with Crippen LogP contribution in [-0.4, -0.2) is 35.8 Å². The number of carbonyl (C=O) groups excluding carboxylic acids is 1. The van der Waals surface area contributed by atoms with Gasteiger partial charge in [0.2, 0.25) is 0 Å². The van der Waals surface area contributed by atoms with E-state index in [1.165, 1.54) is 12.1 Å². The SMILES string of the molecule is O=C(O)c1cccc2c1OCC1C(NC(=O)C(F)(F)F)C21. The number of carboxylic acids is 1.